The highest BCUT2D eigenvalue weighted by molar-refractivity contribution is 7.90. The Morgan fingerprint density at radius 3 is 2.57 bits per heavy atom. The number of carbonyl (C=O) groups is 2. The molecule has 2 rings (SSSR count). The van der Waals surface area contributed by atoms with Gasteiger partial charge in [-0.05, 0) is 24.2 Å². The van der Waals surface area contributed by atoms with Gasteiger partial charge < -0.3 is 5.32 Å². The summed E-state index contributed by atoms with van der Waals surface area (Å²) in [6, 6.07) is 4.77. The van der Waals surface area contributed by atoms with Crippen LogP contribution in [0.5, 0.6) is 0 Å². The Bertz CT molecular complexity index is 697. The number of nitrogens with one attached hydrogen (secondary N) is 1. The van der Waals surface area contributed by atoms with Crippen molar-refractivity contribution in [2.45, 2.75) is 12.5 Å². The maximum absolute atomic E-state index is 12.1. The van der Waals surface area contributed by atoms with Crippen LogP contribution < -0.4 is 5.32 Å². The molecule has 1 N–H and O–H groups in total. The Morgan fingerprint density at radius 1 is 1.33 bits per heavy atom. The zero-order valence-corrected chi connectivity index (χ0v) is 13.0. The first-order valence-corrected chi connectivity index (χ1v) is 8.57. The lowest BCUT2D eigenvalue weighted by Crippen LogP contribution is -2.39. The lowest BCUT2D eigenvalue weighted by atomic mass is 9.94. The summed E-state index contributed by atoms with van der Waals surface area (Å²) >= 11 is 0. The van der Waals surface area contributed by atoms with Gasteiger partial charge in [0.1, 0.15) is 9.84 Å². The van der Waals surface area contributed by atoms with Crippen LogP contribution in [0.1, 0.15) is 27.5 Å². The van der Waals surface area contributed by atoms with Gasteiger partial charge in [0, 0.05) is 24.9 Å². The fraction of sp³-hybridized carbons (Fsp3) is 0.429. The van der Waals surface area contributed by atoms with Crippen molar-refractivity contribution in [3.8, 4) is 0 Å². The Balaban J connectivity index is 2.41. The van der Waals surface area contributed by atoms with E-state index in [1.165, 1.54) is 13.3 Å². The first-order valence-electron chi connectivity index (χ1n) is 6.51. The summed E-state index contributed by atoms with van der Waals surface area (Å²) < 4.78 is 22.9. The summed E-state index contributed by atoms with van der Waals surface area (Å²) in [5.74, 6) is -0.635. The van der Waals surface area contributed by atoms with Gasteiger partial charge in [-0.25, -0.2) is 8.42 Å². The molecular formula is C14H18N2O4S. The second kappa shape index (κ2) is 5.57. The molecule has 1 heterocycles. The number of hydrogen-bond acceptors (Lipinski definition) is 5. The van der Waals surface area contributed by atoms with Gasteiger partial charge in [0.15, 0.2) is 0 Å². The predicted octanol–water partition coefficient (Wildman–Crippen LogP) is 0.146. The summed E-state index contributed by atoms with van der Waals surface area (Å²) in [6.07, 6.45) is 1.36. The molecule has 7 heteroatoms. The molecule has 6 nitrogen and oxygen atoms in total. The molecule has 1 aliphatic rings. The van der Waals surface area contributed by atoms with E-state index in [0.717, 1.165) is 10.5 Å². The maximum atomic E-state index is 12.1. The number of likely N-dealkylation sites (N-methyl/N-ethyl adjacent to an activating group) is 1. The van der Waals surface area contributed by atoms with Gasteiger partial charge in [0.25, 0.3) is 5.91 Å². The Labute approximate surface area is 124 Å². The standard InChI is InChI=1S/C14H18N2O4S/c1-15-12(8-21(3,19)20)10-5-4-9-7-13(17)16(2)14(18)11(9)6-10/h4-6,12,15H,7-8H2,1-3H3. The summed E-state index contributed by atoms with van der Waals surface area (Å²) in [7, 11) is -0.0258. The monoisotopic (exact) mass is 310 g/mol. The summed E-state index contributed by atoms with van der Waals surface area (Å²) in [6.45, 7) is 0. The lowest BCUT2D eigenvalue weighted by Gasteiger charge is -2.25. The minimum absolute atomic E-state index is 0.0504. The van der Waals surface area contributed by atoms with Gasteiger partial charge in [-0.1, -0.05) is 12.1 Å². The quantitative estimate of drug-likeness (QED) is 0.800. The van der Waals surface area contributed by atoms with E-state index in [-0.39, 0.29) is 30.0 Å². The molecule has 21 heavy (non-hydrogen) atoms. The Morgan fingerprint density at radius 2 is 2.00 bits per heavy atom. The van der Waals surface area contributed by atoms with Gasteiger partial charge in [0.2, 0.25) is 5.91 Å². The normalized spacial score (nSPS) is 16.8. The van der Waals surface area contributed by atoms with E-state index < -0.39 is 9.84 Å². The van der Waals surface area contributed by atoms with Crippen LogP contribution >= 0.6 is 0 Å². The summed E-state index contributed by atoms with van der Waals surface area (Å²) in [4.78, 5) is 24.9. The second-order valence-electron chi connectivity index (χ2n) is 5.28. The molecule has 1 aromatic carbocycles. The molecule has 0 aromatic heterocycles. The van der Waals surface area contributed by atoms with E-state index in [2.05, 4.69) is 5.32 Å². The molecule has 0 radical (unpaired) electrons. The molecule has 2 amide bonds. The van der Waals surface area contributed by atoms with Crippen molar-refractivity contribution in [2.75, 3.05) is 26.1 Å². The largest absolute Gasteiger partial charge is 0.312 e. The molecule has 114 valence electrons. The highest BCUT2D eigenvalue weighted by atomic mass is 32.2. The number of nitrogens with zero attached hydrogens (tertiary/aromatic N) is 1. The van der Waals surface area contributed by atoms with E-state index in [9.17, 15) is 18.0 Å². The summed E-state index contributed by atoms with van der Waals surface area (Å²) in [5, 5.41) is 2.95. The number of hydrogen-bond donors (Lipinski definition) is 1. The smallest absolute Gasteiger partial charge is 0.260 e. The number of fused-ring (bicyclic) bond motifs is 1. The molecule has 0 fully saturated rings. The van der Waals surface area contributed by atoms with Crippen molar-refractivity contribution in [1.82, 2.24) is 10.2 Å². The Hall–Kier alpha value is -1.73. The van der Waals surface area contributed by atoms with E-state index >= 15 is 0 Å². The molecule has 1 aliphatic heterocycles. The lowest BCUT2D eigenvalue weighted by molar-refractivity contribution is -0.127. The van der Waals surface area contributed by atoms with Crippen molar-refractivity contribution in [3.63, 3.8) is 0 Å². The van der Waals surface area contributed by atoms with E-state index in [4.69, 9.17) is 0 Å². The van der Waals surface area contributed by atoms with Crippen molar-refractivity contribution in [2.24, 2.45) is 0 Å². The van der Waals surface area contributed by atoms with Crippen LogP contribution in [0.25, 0.3) is 0 Å². The molecule has 1 aromatic rings. The highest BCUT2D eigenvalue weighted by Crippen LogP contribution is 2.24. The van der Waals surface area contributed by atoms with Crippen LogP contribution in [0.2, 0.25) is 0 Å². The first kappa shape index (κ1) is 15.7. The molecule has 0 saturated heterocycles. The predicted molar refractivity (Wildman–Crippen MR) is 78.8 cm³/mol. The number of amides is 2. The SMILES string of the molecule is CNC(CS(C)(=O)=O)c1ccc2c(c1)C(=O)N(C)C(=O)C2. The molecule has 1 atom stereocenters. The number of sulfone groups is 1. The zero-order chi connectivity index (χ0) is 15.8. The van der Waals surface area contributed by atoms with Gasteiger partial charge in [-0.3, -0.25) is 14.5 Å². The summed E-state index contributed by atoms with van der Waals surface area (Å²) in [5.41, 5.74) is 1.86. The average molecular weight is 310 g/mol. The fourth-order valence-electron chi connectivity index (χ4n) is 2.39. The van der Waals surface area contributed by atoms with Crippen molar-refractivity contribution in [1.29, 1.82) is 0 Å². The first-order chi connectivity index (χ1) is 9.73. The molecular weight excluding hydrogens is 292 g/mol. The van der Waals surface area contributed by atoms with E-state index in [0.29, 0.717) is 11.1 Å². The number of carbonyl (C=O) groups excluding carboxylic acids is 2. The molecule has 0 spiro atoms. The third kappa shape index (κ3) is 3.30. The minimum atomic E-state index is -3.15. The number of imide groups is 1. The highest BCUT2D eigenvalue weighted by Gasteiger charge is 2.29. The van der Waals surface area contributed by atoms with Crippen LogP contribution in [0, 0.1) is 0 Å². The van der Waals surface area contributed by atoms with Gasteiger partial charge in [-0.15, -0.1) is 0 Å². The molecule has 0 saturated carbocycles. The average Bonchev–Trinajstić information content (AvgIpc) is 2.41. The van der Waals surface area contributed by atoms with Crippen molar-refractivity contribution >= 4 is 21.7 Å². The van der Waals surface area contributed by atoms with Crippen LogP contribution in [-0.2, 0) is 21.1 Å². The molecule has 0 bridgehead atoms. The van der Waals surface area contributed by atoms with Crippen LogP contribution in [0.15, 0.2) is 18.2 Å². The third-order valence-electron chi connectivity index (χ3n) is 3.60. The second-order valence-corrected chi connectivity index (χ2v) is 7.47. The van der Waals surface area contributed by atoms with Gasteiger partial charge >= 0.3 is 0 Å². The number of rotatable bonds is 4. The molecule has 1 unspecified atom stereocenters. The van der Waals surface area contributed by atoms with Crippen LogP contribution in [0.3, 0.4) is 0 Å². The van der Waals surface area contributed by atoms with E-state index in [1.54, 1.807) is 25.2 Å². The van der Waals surface area contributed by atoms with Crippen LogP contribution in [0.4, 0.5) is 0 Å². The van der Waals surface area contributed by atoms with E-state index in [1.807, 2.05) is 0 Å². The maximum Gasteiger partial charge on any atom is 0.260 e. The third-order valence-corrected chi connectivity index (χ3v) is 4.54. The van der Waals surface area contributed by atoms with Crippen molar-refractivity contribution < 1.29 is 18.0 Å². The van der Waals surface area contributed by atoms with Gasteiger partial charge in [-0.2, -0.15) is 0 Å². The topological polar surface area (TPSA) is 83.6 Å². The zero-order valence-electron chi connectivity index (χ0n) is 12.2. The van der Waals surface area contributed by atoms with Crippen LogP contribution in [-0.4, -0.2) is 51.2 Å². The fourth-order valence-corrected chi connectivity index (χ4v) is 3.35. The van der Waals surface area contributed by atoms with Gasteiger partial charge in [0.05, 0.1) is 12.2 Å². The minimum Gasteiger partial charge on any atom is -0.312 e. The number of benzene rings is 1. The molecule has 0 aliphatic carbocycles. The van der Waals surface area contributed by atoms with Crippen molar-refractivity contribution in [3.05, 3.63) is 34.9 Å². The Kier molecular flexibility index (Phi) is 4.15.